The molecule has 0 aliphatic rings. The van der Waals surface area contributed by atoms with Crippen LogP contribution >= 0.6 is 34.5 Å². The van der Waals surface area contributed by atoms with Crippen LogP contribution in [0, 0.1) is 5.82 Å². The number of hydrogen-bond acceptors (Lipinski definition) is 3. The Labute approximate surface area is 170 Å². The molecule has 7 heteroatoms. The first-order chi connectivity index (χ1) is 13.1. The van der Waals surface area contributed by atoms with E-state index < -0.39 is 0 Å². The molecule has 0 aliphatic heterocycles. The fourth-order valence-electron chi connectivity index (χ4n) is 2.98. The molecule has 0 amide bonds. The highest BCUT2D eigenvalue weighted by atomic mass is 35.5. The van der Waals surface area contributed by atoms with Crippen LogP contribution in [0.2, 0.25) is 10.0 Å². The second kappa shape index (κ2) is 7.98. The molecule has 4 aromatic rings. The van der Waals surface area contributed by atoms with E-state index >= 15 is 0 Å². The van der Waals surface area contributed by atoms with Crippen molar-refractivity contribution in [2.45, 2.75) is 13.0 Å². The van der Waals surface area contributed by atoms with Crippen LogP contribution in [-0.4, -0.2) is 15.9 Å². The highest BCUT2D eigenvalue weighted by Gasteiger charge is 2.14. The van der Waals surface area contributed by atoms with Gasteiger partial charge in [-0.15, -0.1) is 11.3 Å². The lowest BCUT2D eigenvalue weighted by atomic mass is 10.1. The molecule has 0 saturated carbocycles. The quantitative estimate of drug-likeness (QED) is 0.397. The van der Waals surface area contributed by atoms with E-state index in [4.69, 9.17) is 28.2 Å². The van der Waals surface area contributed by atoms with E-state index in [0.29, 0.717) is 16.6 Å². The maximum atomic E-state index is 13.3. The minimum absolute atomic E-state index is 0.249. The molecule has 0 fully saturated rings. The summed E-state index contributed by atoms with van der Waals surface area (Å²) in [6, 6.07) is 12.1. The smallest absolute Gasteiger partial charge is 0.194 e. The van der Waals surface area contributed by atoms with Crippen molar-refractivity contribution in [3.05, 3.63) is 81.2 Å². The molecule has 0 radical (unpaired) electrons. The zero-order chi connectivity index (χ0) is 18.8. The molecule has 2 aromatic carbocycles. The number of fused-ring (bicyclic) bond motifs is 1. The minimum Gasteiger partial charge on any atom is -0.311 e. The third-order valence-corrected chi connectivity index (χ3v) is 5.84. The molecule has 2 aromatic heterocycles. The largest absolute Gasteiger partial charge is 0.311 e. The molecule has 0 unspecified atom stereocenters. The van der Waals surface area contributed by atoms with Gasteiger partial charge in [0.1, 0.15) is 5.82 Å². The van der Waals surface area contributed by atoms with Gasteiger partial charge in [0.2, 0.25) is 0 Å². The molecule has 0 spiro atoms. The van der Waals surface area contributed by atoms with Crippen LogP contribution in [0.15, 0.2) is 54.0 Å². The van der Waals surface area contributed by atoms with Crippen molar-refractivity contribution in [3.63, 3.8) is 0 Å². The Morgan fingerprint density at radius 3 is 2.67 bits per heavy atom. The molecular weight excluding hydrogens is 404 g/mol. The van der Waals surface area contributed by atoms with Gasteiger partial charge < -0.3 is 5.32 Å². The second-order valence-corrected chi connectivity index (χ2v) is 7.83. The third-order valence-electron chi connectivity index (χ3n) is 4.35. The lowest BCUT2D eigenvalue weighted by molar-refractivity contribution is 0.628. The molecule has 138 valence electrons. The summed E-state index contributed by atoms with van der Waals surface area (Å²) in [6.07, 6.45) is 2.85. The van der Waals surface area contributed by atoms with Crippen LogP contribution < -0.4 is 5.32 Å². The van der Waals surface area contributed by atoms with Crippen LogP contribution in [0.5, 0.6) is 0 Å². The molecular formula is C20H16Cl2FN3S. The number of benzene rings is 2. The third kappa shape index (κ3) is 4.01. The standard InChI is InChI=1S/C20H16Cl2FN3S/c21-16-6-1-13(11-17(16)22)7-8-24-12-18-19(14-2-4-15(23)5-3-14)25-20-26(18)9-10-27-20/h1-6,9-11,24H,7-8,12H2. The first kappa shape index (κ1) is 18.4. The predicted octanol–water partition coefficient (Wildman–Crippen LogP) is 5.84. The Bertz CT molecular complexity index is 1070. The number of hydrogen-bond donors (Lipinski definition) is 1. The summed E-state index contributed by atoms with van der Waals surface area (Å²) >= 11 is 13.6. The van der Waals surface area contributed by atoms with E-state index in [1.807, 2.05) is 29.8 Å². The van der Waals surface area contributed by atoms with Crippen molar-refractivity contribution in [1.82, 2.24) is 14.7 Å². The summed E-state index contributed by atoms with van der Waals surface area (Å²) in [5, 5.41) is 6.62. The van der Waals surface area contributed by atoms with Crippen molar-refractivity contribution in [1.29, 1.82) is 0 Å². The van der Waals surface area contributed by atoms with Gasteiger partial charge in [-0.25, -0.2) is 9.37 Å². The van der Waals surface area contributed by atoms with Gasteiger partial charge in [-0.2, -0.15) is 0 Å². The SMILES string of the molecule is Fc1ccc(-c2nc3sccn3c2CNCCc2ccc(Cl)c(Cl)c2)cc1. The Hall–Kier alpha value is -1.92. The van der Waals surface area contributed by atoms with Crippen LogP contribution in [0.3, 0.4) is 0 Å². The number of imidazole rings is 1. The Morgan fingerprint density at radius 1 is 1.07 bits per heavy atom. The van der Waals surface area contributed by atoms with Gasteiger partial charge in [-0.3, -0.25) is 4.40 Å². The summed E-state index contributed by atoms with van der Waals surface area (Å²) in [7, 11) is 0. The molecule has 0 saturated heterocycles. The minimum atomic E-state index is -0.249. The molecule has 0 bridgehead atoms. The summed E-state index contributed by atoms with van der Waals surface area (Å²) < 4.78 is 15.3. The molecule has 27 heavy (non-hydrogen) atoms. The van der Waals surface area contributed by atoms with Crippen LogP contribution in [0.4, 0.5) is 4.39 Å². The molecule has 2 heterocycles. The predicted molar refractivity (Wildman–Crippen MR) is 110 cm³/mol. The van der Waals surface area contributed by atoms with Gasteiger partial charge >= 0.3 is 0 Å². The van der Waals surface area contributed by atoms with Crippen molar-refractivity contribution >= 4 is 39.5 Å². The first-order valence-electron chi connectivity index (χ1n) is 8.47. The zero-order valence-corrected chi connectivity index (χ0v) is 16.6. The maximum Gasteiger partial charge on any atom is 0.194 e. The van der Waals surface area contributed by atoms with E-state index in [2.05, 4.69) is 9.72 Å². The number of halogens is 3. The van der Waals surface area contributed by atoms with Crippen LogP contribution in [0.1, 0.15) is 11.3 Å². The molecule has 0 aliphatic carbocycles. The summed E-state index contributed by atoms with van der Waals surface area (Å²) in [4.78, 5) is 5.64. The number of thiazole rings is 1. The van der Waals surface area contributed by atoms with Crippen molar-refractivity contribution in [2.75, 3.05) is 6.54 Å². The van der Waals surface area contributed by atoms with Gasteiger partial charge in [-0.05, 0) is 54.9 Å². The molecule has 4 rings (SSSR count). The van der Waals surface area contributed by atoms with Crippen LogP contribution in [-0.2, 0) is 13.0 Å². The van der Waals surface area contributed by atoms with Crippen molar-refractivity contribution in [2.24, 2.45) is 0 Å². The average Bonchev–Trinajstić information content (AvgIpc) is 3.24. The first-order valence-corrected chi connectivity index (χ1v) is 10.1. The highest BCUT2D eigenvalue weighted by Crippen LogP contribution is 2.27. The number of nitrogens with zero attached hydrogens (tertiary/aromatic N) is 2. The van der Waals surface area contributed by atoms with Gasteiger partial charge in [0, 0.05) is 23.7 Å². The fourth-order valence-corrected chi connectivity index (χ4v) is 4.03. The summed E-state index contributed by atoms with van der Waals surface area (Å²) in [6.45, 7) is 1.45. The lowest BCUT2D eigenvalue weighted by Crippen LogP contribution is -2.18. The van der Waals surface area contributed by atoms with Gasteiger partial charge in [0.05, 0.1) is 21.4 Å². The molecule has 1 N–H and O–H groups in total. The molecule has 0 atom stereocenters. The monoisotopic (exact) mass is 419 g/mol. The van der Waals surface area contributed by atoms with E-state index in [1.54, 1.807) is 23.5 Å². The zero-order valence-electron chi connectivity index (χ0n) is 14.3. The topological polar surface area (TPSA) is 29.3 Å². The fraction of sp³-hybridized carbons (Fsp3) is 0.150. The highest BCUT2D eigenvalue weighted by molar-refractivity contribution is 7.15. The van der Waals surface area contributed by atoms with E-state index in [9.17, 15) is 4.39 Å². The van der Waals surface area contributed by atoms with Crippen LogP contribution in [0.25, 0.3) is 16.2 Å². The van der Waals surface area contributed by atoms with Gasteiger partial charge in [0.25, 0.3) is 0 Å². The Kier molecular flexibility index (Phi) is 5.45. The normalized spacial score (nSPS) is 11.4. The lowest BCUT2D eigenvalue weighted by Gasteiger charge is -2.08. The average molecular weight is 420 g/mol. The Balaban J connectivity index is 1.49. The number of rotatable bonds is 6. The van der Waals surface area contributed by atoms with Gasteiger partial charge in [0.15, 0.2) is 4.96 Å². The van der Waals surface area contributed by atoms with E-state index in [1.165, 1.54) is 12.1 Å². The van der Waals surface area contributed by atoms with E-state index in [0.717, 1.165) is 40.4 Å². The van der Waals surface area contributed by atoms with E-state index in [-0.39, 0.29) is 5.82 Å². The van der Waals surface area contributed by atoms with Crippen molar-refractivity contribution < 1.29 is 4.39 Å². The van der Waals surface area contributed by atoms with Gasteiger partial charge in [-0.1, -0.05) is 29.3 Å². The second-order valence-electron chi connectivity index (χ2n) is 6.14. The Morgan fingerprint density at radius 2 is 1.89 bits per heavy atom. The summed E-state index contributed by atoms with van der Waals surface area (Å²) in [5.41, 5.74) is 3.98. The van der Waals surface area contributed by atoms with Crippen molar-refractivity contribution in [3.8, 4) is 11.3 Å². The number of nitrogens with one attached hydrogen (secondary N) is 1. The summed E-state index contributed by atoms with van der Waals surface area (Å²) in [5.74, 6) is -0.249. The molecule has 3 nitrogen and oxygen atoms in total. The maximum absolute atomic E-state index is 13.3. The number of aromatic nitrogens is 2.